The van der Waals surface area contributed by atoms with Gasteiger partial charge in [0.2, 0.25) is 0 Å². The number of anilines is 1. The summed E-state index contributed by atoms with van der Waals surface area (Å²) in [5, 5.41) is 14.8. The average molecular weight is 428 g/mol. The van der Waals surface area contributed by atoms with Crippen molar-refractivity contribution in [2.45, 2.75) is 20.8 Å². The summed E-state index contributed by atoms with van der Waals surface area (Å²) in [5.74, 6) is 0.439. The molecule has 2 heterocycles. The number of aryl methyl sites for hydroxylation is 2. The van der Waals surface area contributed by atoms with Gasteiger partial charge in [-0.1, -0.05) is 15.9 Å². The number of nitrogens with zero attached hydrogens (tertiary/aromatic N) is 4. The van der Waals surface area contributed by atoms with Gasteiger partial charge in [-0.05, 0) is 56.7 Å². The Hall–Kier alpha value is -3.00. The quantitative estimate of drug-likeness (QED) is 0.355. The van der Waals surface area contributed by atoms with E-state index < -0.39 is 4.92 Å². The number of aromatic nitrogens is 2. The molecule has 0 aliphatic heterocycles. The van der Waals surface area contributed by atoms with Gasteiger partial charge < -0.3 is 4.57 Å². The van der Waals surface area contributed by atoms with Crippen LogP contribution in [0.15, 0.2) is 52.2 Å². The van der Waals surface area contributed by atoms with Crippen LogP contribution in [-0.4, -0.2) is 20.7 Å². The van der Waals surface area contributed by atoms with Gasteiger partial charge in [0.25, 0.3) is 5.69 Å². The SMILES string of the molecule is Cc1cc(-n2c(C)cc(/C=N\Nc3ccc([N+](=O)[O-])cn3)c2C)ccc1Br. The molecule has 0 fully saturated rings. The molecule has 0 amide bonds. The van der Waals surface area contributed by atoms with Crippen LogP contribution in [0.4, 0.5) is 11.5 Å². The Morgan fingerprint density at radius 3 is 2.63 bits per heavy atom. The maximum atomic E-state index is 10.7. The fraction of sp³-hybridized carbons (Fsp3) is 0.158. The predicted octanol–water partition coefficient (Wildman–Crippen LogP) is 4.91. The number of pyridine rings is 1. The molecule has 2 aromatic heterocycles. The van der Waals surface area contributed by atoms with E-state index in [0.29, 0.717) is 5.82 Å². The molecule has 7 nitrogen and oxygen atoms in total. The molecule has 138 valence electrons. The molecule has 0 spiro atoms. The lowest BCUT2D eigenvalue weighted by molar-refractivity contribution is -0.385. The van der Waals surface area contributed by atoms with Gasteiger partial charge in [-0.2, -0.15) is 5.10 Å². The lowest BCUT2D eigenvalue weighted by Gasteiger charge is -2.11. The minimum atomic E-state index is -0.487. The second-order valence-electron chi connectivity index (χ2n) is 6.12. The number of nitrogens with one attached hydrogen (secondary N) is 1. The van der Waals surface area contributed by atoms with E-state index in [9.17, 15) is 10.1 Å². The van der Waals surface area contributed by atoms with E-state index >= 15 is 0 Å². The van der Waals surface area contributed by atoms with Gasteiger partial charge in [-0.15, -0.1) is 0 Å². The maximum Gasteiger partial charge on any atom is 0.287 e. The fourth-order valence-electron chi connectivity index (χ4n) is 2.81. The van der Waals surface area contributed by atoms with E-state index in [2.05, 4.69) is 61.1 Å². The minimum absolute atomic E-state index is 0.0575. The van der Waals surface area contributed by atoms with Crippen LogP contribution >= 0.6 is 15.9 Å². The van der Waals surface area contributed by atoms with Gasteiger partial charge in [-0.3, -0.25) is 15.5 Å². The number of nitro groups is 1. The van der Waals surface area contributed by atoms with Crippen LogP contribution in [0, 0.1) is 30.9 Å². The molecule has 0 bridgehead atoms. The van der Waals surface area contributed by atoms with Crippen molar-refractivity contribution in [2.24, 2.45) is 5.10 Å². The Morgan fingerprint density at radius 1 is 1.22 bits per heavy atom. The zero-order valence-corrected chi connectivity index (χ0v) is 16.7. The van der Waals surface area contributed by atoms with Crippen LogP contribution in [0.1, 0.15) is 22.5 Å². The highest BCUT2D eigenvalue weighted by atomic mass is 79.9. The Kier molecular flexibility index (Phi) is 5.36. The molecule has 1 aromatic carbocycles. The summed E-state index contributed by atoms with van der Waals surface area (Å²) in [5.41, 5.74) is 8.14. The molecule has 0 aliphatic rings. The summed E-state index contributed by atoms with van der Waals surface area (Å²) in [7, 11) is 0. The second kappa shape index (κ2) is 7.71. The molecule has 27 heavy (non-hydrogen) atoms. The number of hydrogen-bond acceptors (Lipinski definition) is 5. The topological polar surface area (TPSA) is 85.3 Å². The highest BCUT2D eigenvalue weighted by molar-refractivity contribution is 9.10. The van der Waals surface area contributed by atoms with E-state index in [1.165, 1.54) is 23.9 Å². The highest BCUT2D eigenvalue weighted by Crippen LogP contribution is 2.24. The van der Waals surface area contributed by atoms with Crippen molar-refractivity contribution in [2.75, 3.05) is 5.43 Å². The molecule has 3 rings (SSSR count). The first-order valence-electron chi connectivity index (χ1n) is 8.22. The van der Waals surface area contributed by atoms with Crippen molar-refractivity contribution in [3.8, 4) is 5.69 Å². The summed E-state index contributed by atoms with van der Waals surface area (Å²) in [6.07, 6.45) is 2.91. The molecule has 0 unspecified atom stereocenters. The van der Waals surface area contributed by atoms with Crippen molar-refractivity contribution in [1.29, 1.82) is 0 Å². The summed E-state index contributed by atoms with van der Waals surface area (Å²) in [4.78, 5) is 14.1. The molecule has 3 aromatic rings. The van der Waals surface area contributed by atoms with E-state index in [4.69, 9.17) is 0 Å². The van der Waals surface area contributed by atoms with Gasteiger partial charge in [0.1, 0.15) is 12.0 Å². The lowest BCUT2D eigenvalue weighted by Crippen LogP contribution is -2.00. The summed E-state index contributed by atoms with van der Waals surface area (Å²) < 4.78 is 3.25. The normalized spacial score (nSPS) is 11.1. The Balaban J connectivity index is 1.80. The first-order chi connectivity index (χ1) is 12.9. The average Bonchev–Trinajstić information content (AvgIpc) is 2.92. The monoisotopic (exact) mass is 427 g/mol. The van der Waals surface area contributed by atoms with Gasteiger partial charge in [0.15, 0.2) is 0 Å². The second-order valence-corrected chi connectivity index (χ2v) is 6.98. The van der Waals surface area contributed by atoms with Crippen LogP contribution in [0.25, 0.3) is 5.69 Å². The third kappa shape index (κ3) is 4.06. The zero-order chi connectivity index (χ0) is 19.6. The molecular weight excluding hydrogens is 410 g/mol. The van der Waals surface area contributed by atoms with E-state index in [1.807, 2.05) is 19.9 Å². The molecule has 8 heteroatoms. The molecule has 0 atom stereocenters. The predicted molar refractivity (Wildman–Crippen MR) is 110 cm³/mol. The van der Waals surface area contributed by atoms with Crippen molar-refractivity contribution >= 4 is 33.6 Å². The smallest absolute Gasteiger partial charge is 0.287 e. The number of benzene rings is 1. The molecular formula is C19H18BrN5O2. The van der Waals surface area contributed by atoms with E-state index in [1.54, 1.807) is 6.21 Å². The number of hydrazone groups is 1. The largest absolute Gasteiger partial charge is 0.318 e. The Morgan fingerprint density at radius 2 is 2.00 bits per heavy atom. The molecule has 0 aliphatic carbocycles. The summed E-state index contributed by atoms with van der Waals surface area (Å²) >= 11 is 3.53. The number of rotatable bonds is 5. The van der Waals surface area contributed by atoms with E-state index in [0.717, 1.165) is 27.1 Å². The summed E-state index contributed by atoms with van der Waals surface area (Å²) in [6.45, 7) is 6.15. The highest BCUT2D eigenvalue weighted by Gasteiger charge is 2.10. The zero-order valence-electron chi connectivity index (χ0n) is 15.1. The minimum Gasteiger partial charge on any atom is -0.318 e. The van der Waals surface area contributed by atoms with Gasteiger partial charge >= 0.3 is 0 Å². The van der Waals surface area contributed by atoms with Crippen molar-refractivity contribution < 1.29 is 4.92 Å². The van der Waals surface area contributed by atoms with Crippen molar-refractivity contribution in [3.05, 3.63) is 79.7 Å². The third-order valence-corrected chi connectivity index (χ3v) is 5.10. The van der Waals surface area contributed by atoms with Crippen LogP contribution < -0.4 is 5.43 Å². The number of halogens is 1. The number of hydrogen-bond donors (Lipinski definition) is 1. The van der Waals surface area contributed by atoms with Crippen LogP contribution in [0.2, 0.25) is 0 Å². The molecule has 0 radical (unpaired) electrons. The van der Waals surface area contributed by atoms with Crippen LogP contribution in [0.5, 0.6) is 0 Å². The van der Waals surface area contributed by atoms with Gasteiger partial charge in [0.05, 0.1) is 11.1 Å². The van der Waals surface area contributed by atoms with E-state index in [-0.39, 0.29) is 5.69 Å². The Bertz CT molecular complexity index is 1030. The summed E-state index contributed by atoms with van der Waals surface area (Å²) in [6, 6.07) is 11.2. The molecule has 0 saturated heterocycles. The van der Waals surface area contributed by atoms with Gasteiger partial charge in [-0.25, -0.2) is 4.98 Å². The van der Waals surface area contributed by atoms with Crippen molar-refractivity contribution in [1.82, 2.24) is 9.55 Å². The van der Waals surface area contributed by atoms with Crippen LogP contribution in [-0.2, 0) is 0 Å². The Labute approximate surface area is 165 Å². The third-order valence-electron chi connectivity index (χ3n) is 4.21. The lowest BCUT2D eigenvalue weighted by atomic mass is 10.2. The molecule has 0 saturated carbocycles. The molecule has 1 N–H and O–H groups in total. The first-order valence-corrected chi connectivity index (χ1v) is 9.01. The van der Waals surface area contributed by atoms with Gasteiger partial charge in [0, 0.05) is 33.2 Å². The van der Waals surface area contributed by atoms with Crippen molar-refractivity contribution in [3.63, 3.8) is 0 Å². The maximum absolute atomic E-state index is 10.7. The van der Waals surface area contributed by atoms with Crippen LogP contribution in [0.3, 0.4) is 0 Å². The standard InChI is InChI=1S/C19H18BrN5O2/c1-12-8-16(4-6-18(12)20)24-13(2)9-15(14(24)3)10-22-23-19-7-5-17(11-21-19)25(26)27/h4-11H,1-3H3,(H,21,23)/b22-10-. The fourth-order valence-corrected chi connectivity index (χ4v) is 3.06. The first kappa shape index (κ1) is 18.8.